The van der Waals surface area contributed by atoms with Gasteiger partial charge < -0.3 is 19.0 Å². The average molecular weight is 490 g/mol. The SMILES string of the molecule is Nc1c(-c2cc(Cc3ccc(Oc4cccc(F)n4)c(F)c3)no2)ccc[n+]1COP(=O)([O-])O. The van der Waals surface area contributed by atoms with E-state index in [0.717, 1.165) is 6.07 Å². The number of nitrogens with two attached hydrogens (primary N) is 1. The minimum absolute atomic E-state index is 0.0760. The number of aromatic nitrogens is 3. The molecule has 4 rings (SSSR count). The smallest absolute Gasteiger partial charge is 0.285 e. The third-order valence-corrected chi connectivity index (χ3v) is 5.03. The summed E-state index contributed by atoms with van der Waals surface area (Å²) in [4.78, 5) is 23.1. The summed E-state index contributed by atoms with van der Waals surface area (Å²) in [5.74, 6) is -1.21. The lowest BCUT2D eigenvalue weighted by Crippen LogP contribution is -2.38. The zero-order chi connectivity index (χ0) is 24.3. The summed E-state index contributed by atoms with van der Waals surface area (Å²) in [6, 6.07) is 13.0. The Morgan fingerprint density at radius 2 is 2.00 bits per heavy atom. The second-order valence-corrected chi connectivity index (χ2v) is 8.22. The molecule has 0 radical (unpaired) electrons. The van der Waals surface area contributed by atoms with E-state index in [1.165, 1.54) is 35.0 Å². The van der Waals surface area contributed by atoms with Gasteiger partial charge in [-0.3, -0.25) is 14.8 Å². The van der Waals surface area contributed by atoms with Crippen molar-refractivity contribution in [3.63, 3.8) is 0 Å². The van der Waals surface area contributed by atoms with Crippen LogP contribution in [0.3, 0.4) is 0 Å². The molecule has 0 spiro atoms. The molecular formula is C21H17F2N4O6P. The monoisotopic (exact) mass is 490 g/mol. The average Bonchev–Trinajstić information content (AvgIpc) is 3.22. The first kappa shape index (κ1) is 23.5. The molecule has 3 aromatic heterocycles. The molecule has 0 saturated carbocycles. The molecule has 0 bridgehead atoms. The van der Waals surface area contributed by atoms with Crippen LogP contribution in [0.5, 0.6) is 11.6 Å². The van der Waals surface area contributed by atoms with Crippen molar-refractivity contribution < 1.29 is 41.5 Å². The van der Waals surface area contributed by atoms with Gasteiger partial charge in [-0.05, 0) is 35.9 Å². The first-order valence-corrected chi connectivity index (χ1v) is 11.2. The fourth-order valence-electron chi connectivity index (χ4n) is 3.05. The molecule has 1 atom stereocenters. The zero-order valence-electron chi connectivity index (χ0n) is 17.3. The maximum atomic E-state index is 14.5. The van der Waals surface area contributed by atoms with Gasteiger partial charge in [0.05, 0.1) is 11.9 Å². The van der Waals surface area contributed by atoms with Crippen LogP contribution >= 0.6 is 7.82 Å². The second kappa shape index (κ2) is 9.65. The Morgan fingerprint density at radius 3 is 2.74 bits per heavy atom. The van der Waals surface area contributed by atoms with Crippen LogP contribution in [0.1, 0.15) is 11.3 Å². The number of hydrogen-bond acceptors (Lipinski definition) is 8. The van der Waals surface area contributed by atoms with Crippen LogP contribution in [-0.2, 0) is 22.2 Å². The normalized spacial score (nSPS) is 12.9. The Kier molecular flexibility index (Phi) is 6.66. The lowest BCUT2D eigenvalue weighted by Gasteiger charge is -2.14. The summed E-state index contributed by atoms with van der Waals surface area (Å²) in [6.45, 7) is -0.531. The van der Waals surface area contributed by atoms with E-state index in [1.54, 1.807) is 24.3 Å². The van der Waals surface area contributed by atoms with Crippen molar-refractivity contribution in [3.8, 4) is 23.0 Å². The van der Waals surface area contributed by atoms with Crippen molar-refractivity contribution in [2.24, 2.45) is 0 Å². The van der Waals surface area contributed by atoms with Crippen LogP contribution in [0.15, 0.2) is 65.3 Å². The summed E-state index contributed by atoms with van der Waals surface area (Å²) in [6.07, 6.45) is 1.68. The van der Waals surface area contributed by atoms with E-state index >= 15 is 0 Å². The molecule has 1 unspecified atom stereocenters. The molecule has 3 N–H and O–H groups in total. The van der Waals surface area contributed by atoms with Gasteiger partial charge in [-0.25, -0.2) is 8.96 Å². The van der Waals surface area contributed by atoms with Crippen LogP contribution in [0.2, 0.25) is 0 Å². The highest BCUT2D eigenvalue weighted by molar-refractivity contribution is 7.44. The highest BCUT2D eigenvalue weighted by Gasteiger charge is 2.18. The van der Waals surface area contributed by atoms with Crippen LogP contribution < -0.4 is 19.9 Å². The predicted octanol–water partition coefficient (Wildman–Crippen LogP) is 2.70. The van der Waals surface area contributed by atoms with Crippen LogP contribution in [0.4, 0.5) is 14.6 Å². The lowest BCUT2D eigenvalue weighted by atomic mass is 10.1. The van der Waals surface area contributed by atoms with Gasteiger partial charge >= 0.3 is 0 Å². The molecule has 0 aliphatic heterocycles. The molecule has 3 heterocycles. The summed E-state index contributed by atoms with van der Waals surface area (Å²) < 4.78 is 54.7. The highest BCUT2D eigenvalue weighted by Crippen LogP contribution is 2.31. The molecule has 13 heteroatoms. The highest BCUT2D eigenvalue weighted by atomic mass is 31.2. The van der Waals surface area contributed by atoms with Crippen molar-refractivity contribution >= 4 is 13.6 Å². The second-order valence-electron chi connectivity index (χ2n) is 7.03. The molecule has 0 saturated heterocycles. The standard InChI is InChI=1S/C21H17F2N4O6P/c22-16-10-13(6-7-17(16)32-20-5-1-4-19(23)25-20)9-14-11-18(33-26-14)15-3-2-8-27(21(15)24)12-31-34(28,29)30/h1-8,10-11,24H,9,12H2,(H2,28,29,30). The van der Waals surface area contributed by atoms with E-state index in [9.17, 15) is 18.2 Å². The maximum absolute atomic E-state index is 14.5. The first-order valence-electron chi connectivity index (χ1n) is 9.69. The van der Waals surface area contributed by atoms with Crippen molar-refractivity contribution in [3.05, 3.63) is 83.8 Å². The minimum Gasteiger partial charge on any atom is -0.756 e. The van der Waals surface area contributed by atoms with E-state index in [1.807, 2.05) is 0 Å². The molecule has 0 aliphatic rings. The zero-order valence-corrected chi connectivity index (χ0v) is 18.2. The summed E-state index contributed by atoms with van der Waals surface area (Å²) in [7, 11) is -4.92. The number of nitrogen functional groups attached to an aromatic ring is 1. The van der Waals surface area contributed by atoms with Gasteiger partial charge in [0.25, 0.3) is 13.6 Å². The minimum atomic E-state index is -4.92. The fourth-order valence-corrected chi connectivity index (χ4v) is 3.32. The van der Waals surface area contributed by atoms with E-state index in [-0.39, 0.29) is 29.6 Å². The largest absolute Gasteiger partial charge is 0.756 e. The Hall–Kier alpha value is -3.70. The molecule has 34 heavy (non-hydrogen) atoms. The number of hydrogen-bond donors (Lipinski definition) is 2. The van der Waals surface area contributed by atoms with Crippen molar-refractivity contribution in [1.82, 2.24) is 10.1 Å². The van der Waals surface area contributed by atoms with Gasteiger partial charge in [-0.1, -0.05) is 17.3 Å². The van der Waals surface area contributed by atoms with Crippen molar-refractivity contribution in [2.75, 3.05) is 5.73 Å². The quantitative estimate of drug-likeness (QED) is 0.216. The Bertz CT molecular complexity index is 1380. The number of benzene rings is 1. The lowest BCUT2D eigenvalue weighted by molar-refractivity contribution is -0.712. The van der Waals surface area contributed by atoms with E-state index in [0.29, 0.717) is 16.8 Å². The molecule has 0 amide bonds. The van der Waals surface area contributed by atoms with Gasteiger partial charge in [0.15, 0.2) is 24.1 Å². The van der Waals surface area contributed by atoms with Crippen molar-refractivity contribution in [2.45, 2.75) is 13.2 Å². The van der Waals surface area contributed by atoms with Crippen molar-refractivity contribution in [1.29, 1.82) is 0 Å². The molecule has 0 aliphatic carbocycles. The molecule has 10 nitrogen and oxygen atoms in total. The van der Waals surface area contributed by atoms with Gasteiger partial charge in [0.2, 0.25) is 11.8 Å². The molecule has 0 fully saturated rings. The number of phosphoric ester groups is 1. The van der Waals surface area contributed by atoms with Crippen LogP contribution in [-0.4, -0.2) is 15.0 Å². The Balaban J connectivity index is 1.48. The predicted molar refractivity (Wildman–Crippen MR) is 111 cm³/mol. The van der Waals surface area contributed by atoms with Crippen LogP contribution in [0, 0.1) is 11.8 Å². The van der Waals surface area contributed by atoms with Gasteiger partial charge in [0, 0.05) is 18.6 Å². The van der Waals surface area contributed by atoms with E-state index in [2.05, 4.69) is 14.7 Å². The number of halogens is 2. The molecular weight excluding hydrogens is 473 g/mol. The number of rotatable bonds is 8. The third kappa shape index (κ3) is 5.80. The number of anilines is 1. The third-order valence-electron chi connectivity index (χ3n) is 4.58. The molecule has 4 aromatic rings. The summed E-state index contributed by atoms with van der Waals surface area (Å²) >= 11 is 0. The van der Waals surface area contributed by atoms with E-state index in [4.69, 9.17) is 19.9 Å². The number of ether oxygens (including phenoxy) is 1. The van der Waals surface area contributed by atoms with Gasteiger partial charge in [-0.2, -0.15) is 9.37 Å². The topological polar surface area (TPSA) is 148 Å². The molecule has 176 valence electrons. The fraction of sp³-hybridized carbons (Fsp3) is 0.0952. The van der Waals surface area contributed by atoms with Gasteiger partial charge in [0.1, 0.15) is 5.56 Å². The first-order chi connectivity index (χ1) is 16.2. The maximum Gasteiger partial charge on any atom is 0.285 e. The Labute approximate surface area is 191 Å². The Morgan fingerprint density at radius 1 is 1.18 bits per heavy atom. The van der Waals surface area contributed by atoms with Gasteiger partial charge in [-0.15, -0.1) is 0 Å². The number of nitrogens with zero attached hydrogens (tertiary/aromatic N) is 3. The number of pyridine rings is 2. The van der Waals surface area contributed by atoms with E-state index < -0.39 is 26.3 Å². The van der Waals surface area contributed by atoms with Crippen LogP contribution in [0.25, 0.3) is 11.3 Å². The summed E-state index contributed by atoms with van der Waals surface area (Å²) in [5.41, 5.74) is 7.49. The number of phosphoric acid groups is 1. The molecule has 1 aromatic carbocycles. The summed E-state index contributed by atoms with van der Waals surface area (Å²) in [5, 5.41) is 3.96.